The molecule has 15 heteroatoms. The molecule has 3 heterocycles. The first-order valence-corrected chi connectivity index (χ1v) is 16.0. The normalized spacial score (nSPS) is 19.6. The summed E-state index contributed by atoms with van der Waals surface area (Å²) in [6.07, 6.45) is -4.61. The van der Waals surface area contributed by atoms with Crippen LogP contribution in [0.15, 0.2) is 81.0 Å². The van der Waals surface area contributed by atoms with Crippen molar-refractivity contribution in [2.75, 3.05) is 10.2 Å². The van der Waals surface area contributed by atoms with Gasteiger partial charge in [0.1, 0.15) is 11.8 Å². The highest BCUT2D eigenvalue weighted by Crippen LogP contribution is 2.55. The van der Waals surface area contributed by atoms with E-state index in [9.17, 15) is 32.3 Å². The van der Waals surface area contributed by atoms with E-state index in [2.05, 4.69) is 21.2 Å². The van der Waals surface area contributed by atoms with Gasteiger partial charge >= 0.3 is 11.0 Å². The van der Waals surface area contributed by atoms with Crippen molar-refractivity contribution < 1.29 is 27.6 Å². The summed E-state index contributed by atoms with van der Waals surface area (Å²) in [6.45, 7) is -0.542. The van der Waals surface area contributed by atoms with Gasteiger partial charge in [-0.25, -0.2) is 4.90 Å². The number of nitrogens with one attached hydrogen (secondary N) is 1. The Morgan fingerprint density at radius 3 is 2.39 bits per heavy atom. The number of amides is 3. The number of imide groups is 1. The summed E-state index contributed by atoms with van der Waals surface area (Å²) >= 11 is 18.1. The average molecular weight is 743 g/mol. The van der Waals surface area contributed by atoms with Gasteiger partial charge in [-0.05, 0) is 54.1 Å². The maximum atomic E-state index is 14.0. The van der Waals surface area contributed by atoms with Crippen LogP contribution in [-0.2, 0) is 27.1 Å². The minimum absolute atomic E-state index is 0.0972. The molecule has 0 bridgehead atoms. The Balaban J connectivity index is 1.40. The van der Waals surface area contributed by atoms with Gasteiger partial charge in [0.25, 0.3) is 0 Å². The summed E-state index contributed by atoms with van der Waals surface area (Å²) in [5.41, 5.74) is -0.227. The van der Waals surface area contributed by atoms with E-state index in [1.165, 1.54) is 6.07 Å². The molecule has 7 nitrogen and oxygen atoms in total. The third-order valence-electron chi connectivity index (χ3n) is 7.23. The molecule has 3 aromatic carbocycles. The molecule has 0 unspecified atom stereocenters. The number of thiazole rings is 1. The number of thioether (sulfide) groups is 1. The molecule has 44 heavy (non-hydrogen) atoms. The minimum Gasteiger partial charge on any atom is -0.325 e. The Bertz CT molecular complexity index is 1900. The van der Waals surface area contributed by atoms with Gasteiger partial charge in [0.2, 0.25) is 17.7 Å². The quantitative estimate of drug-likeness (QED) is 0.215. The number of carbonyl (C=O) groups excluding carboxylic acids is 3. The maximum Gasteiger partial charge on any atom is 0.416 e. The van der Waals surface area contributed by atoms with Gasteiger partial charge in [-0.2, -0.15) is 13.2 Å². The monoisotopic (exact) mass is 741 g/mol. The Kier molecular flexibility index (Phi) is 8.20. The van der Waals surface area contributed by atoms with Crippen molar-refractivity contribution in [2.24, 2.45) is 5.92 Å². The van der Waals surface area contributed by atoms with E-state index >= 15 is 0 Å². The maximum absolute atomic E-state index is 14.0. The lowest BCUT2D eigenvalue weighted by molar-refractivity contribution is -0.137. The van der Waals surface area contributed by atoms with Gasteiger partial charge < -0.3 is 5.32 Å². The SMILES string of the molecule is O=C(Cn1c2c(sc1=O)[C@@H](c1cccc(Cl)c1Cl)[C@@H]1C(=O)N(c3ccc(Br)cc3)C(=O)[C@@H]1S2)Nc1cccc(C(F)(F)F)c1. The predicted molar refractivity (Wildman–Crippen MR) is 167 cm³/mol. The minimum atomic E-state index is -4.61. The molecular weight excluding hydrogens is 726 g/mol. The highest BCUT2D eigenvalue weighted by atomic mass is 79.9. The second-order valence-corrected chi connectivity index (χ2v) is 13.7. The highest BCUT2D eigenvalue weighted by molar-refractivity contribution is 9.10. The summed E-state index contributed by atoms with van der Waals surface area (Å²) in [7, 11) is 0. The van der Waals surface area contributed by atoms with Crippen molar-refractivity contribution in [1.29, 1.82) is 0 Å². The third-order valence-corrected chi connectivity index (χ3v) is 11.2. The molecule has 0 radical (unpaired) electrons. The van der Waals surface area contributed by atoms with Crippen molar-refractivity contribution in [3.05, 3.63) is 107 Å². The van der Waals surface area contributed by atoms with Crippen LogP contribution in [-0.4, -0.2) is 27.5 Å². The molecule has 4 aromatic rings. The topological polar surface area (TPSA) is 88.5 Å². The number of fused-ring (bicyclic) bond motifs is 2. The van der Waals surface area contributed by atoms with E-state index < -0.39 is 58.0 Å². The molecule has 0 saturated carbocycles. The molecule has 6 rings (SSSR count). The second-order valence-electron chi connectivity index (χ2n) is 9.92. The van der Waals surface area contributed by atoms with Gasteiger partial charge in [-0.1, -0.05) is 80.4 Å². The Hall–Kier alpha value is -3.10. The molecule has 2 aliphatic heterocycles. The number of anilines is 2. The van der Waals surface area contributed by atoms with Gasteiger partial charge in [0.15, 0.2) is 0 Å². The van der Waals surface area contributed by atoms with Gasteiger partial charge in [0, 0.05) is 21.0 Å². The first-order valence-electron chi connectivity index (χ1n) is 12.8. The fraction of sp³-hybridized carbons (Fsp3) is 0.172. The number of carbonyl (C=O) groups is 3. The fourth-order valence-corrected chi connectivity index (χ4v) is 8.77. The summed E-state index contributed by atoms with van der Waals surface area (Å²) < 4.78 is 41.4. The van der Waals surface area contributed by atoms with E-state index in [-0.39, 0.29) is 15.7 Å². The Labute approximate surface area is 274 Å². The number of benzene rings is 3. The zero-order valence-electron chi connectivity index (χ0n) is 21.9. The molecule has 1 saturated heterocycles. The fourth-order valence-electron chi connectivity index (χ4n) is 5.31. The zero-order chi connectivity index (χ0) is 31.5. The molecular formula is C29H17BrCl2F3N3O4S2. The van der Waals surface area contributed by atoms with Crippen molar-refractivity contribution in [3.8, 4) is 0 Å². The van der Waals surface area contributed by atoms with Crippen LogP contribution in [0.2, 0.25) is 10.0 Å². The first-order chi connectivity index (χ1) is 20.8. The van der Waals surface area contributed by atoms with Crippen molar-refractivity contribution in [1.82, 2.24) is 4.57 Å². The van der Waals surface area contributed by atoms with Crippen LogP contribution in [0.25, 0.3) is 0 Å². The lowest BCUT2D eigenvalue weighted by Crippen LogP contribution is -2.33. The second kappa shape index (κ2) is 11.7. The number of aromatic nitrogens is 1. The molecule has 0 spiro atoms. The molecule has 226 valence electrons. The van der Waals surface area contributed by atoms with Crippen molar-refractivity contribution in [2.45, 2.75) is 28.9 Å². The van der Waals surface area contributed by atoms with Gasteiger partial charge in [0.05, 0.1) is 32.2 Å². The largest absolute Gasteiger partial charge is 0.416 e. The number of halogens is 6. The molecule has 0 aliphatic carbocycles. The third kappa shape index (κ3) is 5.49. The summed E-state index contributed by atoms with van der Waals surface area (Å²) in [5.74, 6) is -3.51. The number of nitrogens with zero attached hydrogens (tertiary/aromatic N) is 2. The smallest absolute Gasteiger partial charge is 0.325 e. The molecule has 3 amide bonds. The number of hydrogen-bond donors (Lipinski definition) is 1. The molecule has 1 N–H and O–H groups in total. The van der Waals surface area contributed by atoms with Gasteiger partial charge in [-0.3, -0.25) is 23.7 Å². The highest BCUT2D eigenvalue weighted by Gasteiger charge is 2.57. The Morgan fingerprint density at radius 1 is 0.977 bits per heavy atom. The van der Waals surface area contributed by atoms with Crippen LogP contribution in [0.3, 0.4) is 0 Å². The van der Waals surface area contributed by atoms with Crippen LogP contribution in [0.4, 0.5) is 24.5 Å². The van der Waals surface area contributed by atoms with E-state index in [0.29, 0.717) is 21.2 Å². The summed E-state index contributed by atoms with van der Waals surface area (Å²) in [4.78, 5) is 55.1. The van der Waals surface area contributed by atoms with Gasteiger partial charge in [-0.15, -0.1) is 0 Å². The number of rotatable bonds is 5. The molecule has 3 atom stereocenters. The van der Waals surface area contributed by atoms with E-state index in [1.807, 2.05) is 0 Å². The first kappa shape index (κ1) is 30.9. The predicted octanol–water partition coefficient (Wildman–Crippen LogP) is 7.43. The number of alkyl halides is 3. The van der Waals surface area contributed by atoms with E-state index in [0.717, 1.165) is 55.2 Å². The average Bonchev–Trinajstić information content (AvgIpc) is 3.41. The number of hydrogen-bond acceptors (Lipinski definition) is 6. The van der Waals surface area contributed by atoms with Crippen LogP contribution < -0.4 is 15.1 Å². The standard InChI is InChI=1S/C29H17BrCl2F3N3O4S2/c30-14-7-9-16(10-8-14)38-25(40)21-20(17-5-2-6-18(31)22(17)32)24-27(43-23(21)26(38)41)37(28(42)44-24)12-19(39)36-15-4-1-3-13(11-15)29(33,34)35/h1-11,20-21,23H,12H2,(H,36,39)/t20-,21-,23+/m0/s1. The lowest BCUT2D eigenvalue weighted by atomic mass is 9.83. The van der Waals surface area contributed by atoms with Crippen LogP contribution in [0.1, 0.15) is 21.9 Å². The Morgan fingerprint density at radius 2 is 1.68 bits per heavy atom. The van der Waals surface area contributed by atoms with Crippen molar-refractivity contribution >= 4 is 91.3 Å². The van der Waals surface area contributed by atoms with Crippen LogP contribution >= 0.6 is 62.2 Å². The summed E-state index contributed by atoms with van der Waals surface area (Å²) in [5, 5.41) is 2.11. The van der Waals surface area contributed by atoms with Crippen LogP contribution in [0.5, 0.6) is 0 Å². The zero-order valence-corrected chi connectivity index (χ0v) is 26.6. The van der Waals surface area contributed by atoms with E-state index in [1.54, 1.807) is 42.5 Å². The molecule has 1 fully saturated rings. The van der Waals surface area contributed by atoms with E-state index in [4.69, 9.17) is 23.2 Å². The lowest BCUT2D eigenvalue weighted by Gasteiger charge is -2.31. The van der Waals surface area contributed by atoms with Crippen molar-refractivity contribution in [3.63, 3.8) is 0 Å². The van der Waals surface area contributed by atoms with Crippen LogP contribution in [0, 0.1) is 5.92 Å². The molecule has 1 aromatic heterocycles. The molecule has 2 aliphatic rings. The summed E-state index contributed by atoms with van der Waals surface area (Å²) in [6, 6.07) is 15.7.